The number of carbonyl (C=O) groups is 1. The van der Waals surface area contributed by atoms with Gasteiger partial charge in [0.25, 0.3) is 0 Å². The van der Waals surface area contributed by atoms with Gasteiger partial charge in [0, 0.05) is 11.2 Å². The van der Waals surface area contributed by atoms with E-state index in [0.717, 1.165) is 23.3 Å². The first-order chi connectivity index (χ1) is 8.81. The van der Waals surface area contributed by atoms with Crippen LogP contribution < -0.4 is 11.1 Å². The number of anilines is 2. The van der Waals surface area contributed by atoms with E-state index >= 15 is 0 Å². The molecule has 0 aromatic heterocycles. The third kappa shape index (κ3) is 5.98. The highest BCUT2D eigenvalue weighted by Gasteiger charge is 2.12. The molecule has 19 heavy (non-hydrogen) atoms. The summed E-state index contributed by atoms with van der Waals surface area (Å²) in [5, 5.41) is 2.53. The Hall–Kier alpha value is -1.21. The van der Waals surface area contributed by atoms with E-state index < -0.39 is 21.5 Å². The summed E-state index contributed by atoms with van der Waals surface area (Å²) < 4.78 is 22.1. The monoisotopic (exact) mass is 302 g/mol. The van der Waals surface area contributed by atoms with E-state index in [1.165, 1.54) is 0 Å². The van der Waals surface area contributed by atoms with E-state index in [4.69, 9.17) is 5.73 Å². The molecule has 0 saturated heterocycles. The molecule has 0 heterocycles. The number of benzene rings is 1. The largest absolute Gasteiger partial charge is 0.397 e. The molecule has 0 aliphatic rings. The van der Waals surface area contributed by atoms with Crippen LogP contribution in [0.25, 0.3) is 0 Å². The fourth-order valence-corrected chi connectivity index (χ4v) is 2.73. The molecule has 1 aromatic carbocycles. The summed E-state index contributed by atoms with van der Waals surface area (Å²) in [5.41, 5.74) is 6.63. The molecule has 1 amide bonds. The average molecular weight is 302 g/mol. The first kappa shape index (κ1) is 15.8. The van der Waals surface area contributed by atoms with E-state index in [2.05, 4.69) is 12.2 Å². The predicted octanol–water partition coefficient (Wildman–Crippen LogP) is 1.75. The van der Waals surface area contributed by atoms with Gasteiger partial charge in [-0.15, -0.1) is 11.8 Å². The second-order valence-corrected chi connectivity index (χ2v) is 7.52. The second-order valence-electron chi connectivity index (χ2n) is 4.22. The van der Waals surface area contributed by atoms with Gasteiger partial charge in [0.2, 0.25) is 5.91 Å². The standard InChI is InChI=1S/C12H18N2O3S2/c1-3-6-18-9-4-5-10(13)11(7-9)14-12(15)8-19(2,16)17/h4-5,7H,3,6,8,13H2,1-2H3,(H,14,15). The van der Waals surface area contributed by atoms with Gasteiger partial charge in [-0.05, 0) is 30.4 Å². The summed E-state index contributed by atoms with van der Waals surface area (Å²) >= 11 is 1.66. The van der Waals surface area contributed by atoms with Gasteiger partial charge in [0.15, 0.2) is 9.84 Å². The van der Waals surface area contributed by atoms with E-state index in [9.17, 15) is 13.2 Å². The smallest absolute Gasteiger partial charge is 0.239 e. The van der Waals surface area contributed by atoms with Gasteiger partial charge in [-0.2, -0.15) is 0 Å². The molecular formula is C12H18N2O3S2. The number of nitrogens with one attached hydrogen (secondary N) is 1. The maximum Gasteiger partial charge on any atom is 0.239 e. The number of amides is 1. The molecule has 1 rings (SSSR count). The van der Waals surface area contributed by atoms with Crippen LogP contribution in [0.15, 0.2) is 23.1 Å². The van der Waals surface area contributed by atoms with E-state index in [1.807, 2.05) is 6.07 Å². The minimum absolute atomic E-state index is 0.419. The molecule has 0 atom stereocenters. The SMILES string of the molecule is CCCSc1ccc(N)c(NC(=O)CS(C)(=O)=O)c1. The van der Waals surface area contributed by atoms with Crippen LogP contribution in [0.5, 0.6) is 0 Å². The fraction of sp³-hybridized carbons (Fsp3) is 0.417. The van der Waals surface area contributed by atoms with Crippen molar-refractivity contribution in [2.24, 2.45) is 0 Å². The Bertz CT molecular complexity index is 556. The van der Waals surface area contributed by atoms with Crippen molar-refractivity contribution in [2.75, 3.05) is 28.8 Å². The van der Waals surface area contributed by atoms with E-state index in [-0.39, 0.29) is 0 Å². The van der Waals surface area contributed by atoms with Crippen LogP contribution in [0.4, 0.5) is 11.4 Å². The van der Waals surface area contributed by atoms with Crippen LogP contribution in [0.3, 0.4) is 0 Å². The van der Waals surface area contributed by atoms with Crippen molar-refractivity contribution in [3.05, 3.63) is 18.2 Å². The summed E-state index contributed by atoms with van der Waals surface area (Å²) in [5.74, 6) is -0.147. The van der Waals surface area contributed by atoms with Crippen molar-refractivity contribution in [3.8, 4) is 0 Å². The minimum Gasteiger partial charge on any atom is -0.397 e. The maximum atomic E-state index is 11.6. The molecule has 5 nitrogen and oxygen atoms in total. The van der Waals surface area contributed by atoms with Gasteiger partial charge >= 0.3 is 0 Å². The molecule has 0 spiro atoms. The molecule has 0 fully saturated rings. The quantitative estimate of drug-likeness (QED) is 0.617. The molecule has 0 aliphatic carbocycles. The lowest BCUT2D eigenvalue weighted by molar-refractivity contribution is -0.113. The van der Waals surface area contributed by atoms with Crippen LogP contribution in [-0.2, 0) is 14.6 Å². The zero-order valence-electron chi connectivity index (χ0n) is 11.0. The summed E-state index contributed by atoms with van der Waals surface area (Å²) in [4.78, 5) is 12.5. The number of nitrogen functional groups attached to an aromatic ring is 1. The lowest BCUT2D eigenvalue weighted by atomic mass is 10.2. The molecule has 0 aliphatic heterocycles. The summed E-state index contributed by atoms with van der Waals surface area (Å²) in [6, 6.07) is 5.34. The highest BCUT2D eigenvalue weighted by molar-refractivity contribution is 7.99. The number of nitrogens with two attached hydrogens (primary N) is 1. The first-order valence-electron chi connectivity index (χ1n) is 5.81. The zero-order valence-corrected chi connectivity index (χ0v) is 12.6. The summed E-state index contributed by atoms with van der Waals surface area (Å²) in [6.45, 7) is 2.08. The van der Waals surface area contributed by atoms with Crippen molar-refractivity contribution in [1.82, 2.24) is 0 Å². The van der Waals surface area contributed by atoms with Crippen LogP contribution in [0.1, 0.15) is 13.3 Å². The van der Waals surface area contributed by atoms with Crippen LogP contribution in [-0.4, -0.2) is 32.1 Å². The summed E-state index contributed by atoms with van der Waals surface area (Å²) in [6.07, 6.45) is 2.06. The number of rotatable bonds is 6. The van der Waals surface area contributed by atoms with Crippen molar-refractivity contribution >= 4 is 38.9 Å². The van der Waals surface area contributed by atoms with Crippen molar-refractivity contribution < 1.29 is 13.2 Å². The Morgan fingerprint density at radius 2 is 2.11 bits per heavy atom. The van der Waals surface area contributed by atoms with E-state index in [0.29, 0.717) is 11.4 Å². The molecule has 7 heteroatoms. The van der Waals surface area contributed by atoms with Crippen LogP contribution >= 0.6 is 11.8 Å². The third-order valence-electron chi connectivity index (χ3n) is 2.16. The third-order valence-corrected chi connectivity index (χ3v) is 4.15. The highest BCUT2D eigenvalue weighted by atomic mass is 32.2. The minimum atomic E-state index is -3.34. The summed E-state index contributed by atoms with van der Waals surface area (Å²) in [7, 11) is -3.34. The lowest BCUT2D eigenvalue weighted by Gasteiger charge is -2.09. The van der Waals surface area contributed by atoms with E-state index in [1.54, 1.807) is 23.9 Å². The van der Waals surface area contributed by atoms with Gasteiger partial charge in [0.1, 0.15) is 5.75 Å². The Kier molecular flexibility index (Phi) is 5.68. The van der Waals surface area contributed by atoms with Crippen LogP contribution in [0, 0.1) is 0 Å². The van der Waals surface area contributed by atoms with Gasteiger partial charge in [-0.3, -0.25) is 4.79 Å². The Labute approximate surface area is 117 Å². The molecule has 1 aromatic rings. The normalized spacial score (nSPS) is 11.3. The Balaban J connectivity index is 2.79. The Morgan fingerprint density at radius 1 is 1.42 bits per heavy atom. The first-order valence-corrected chi connectivity index (χ1v) is 8.86. The molecule has 0 saturated carbocycles. The topological polar surface area (TPSA) is 89.3 Å². The van der Waals surface area contributed by atoms with Crippen molar-refractivity contribution in [2.45, 2.75) is 18.2 Å². The molecule has 3 N–H and O–H groups in total. The van der Waals surface area contributed by atoms with Gasteiger partial charge < -0.3 is 11.1 Å². The van der Waals surface area contributed by atoms with Gasteiger partial charge in [-0.25, -0.2) is 8.42 Å². The predicted molar refractivity (Wildman–Crippen MR) is 80.2 cm³/mol. The van der Waals surface area contributed by atoms with Crippen molar-refractivity contribution in [3.63, 3.8) is 0 Å². The molecule has 106 valence electrons. The molecular weight excluding hydrogens is 284 g/mol. The fourth-order valence-electron chi connectivity index (χ4n) is 1.38. The van der Waals surface area contributed by atoms with Gasteiger partial charge in [0.05, 0.1) is 11.4 Å². The molecule has 0 radical (unpaired) electrons. The maximum absolute atomic E-state index is 11.6. The number of hydrogen-bond donors (Lipinski definition) is 2. The Morgan fingerprint density at radius 3 is 2.68 bits per heavy atom. The number of carbonyl (C=O) groups excluding carboxylic acids is 1. The zero-order chi connectivity index (χ0) is 14.5. The molecule has 0 unspecified atom stereocenters. The van der Waals surface area contributed by atoms with Crippen molar-refractivity contribution in [1.29, 1.82) is 0 Å². The van der Waals surface area contributed by atoms with Gasteiger partial charge in [-0.1, -0.05) is 6.92 Å². The number of sulfone groups is 1. The lowest BCUT2D eigenvalue weighted by Crippen LogP contribution is -2.22. The second kappa shape index (κ2) is 6.81. The van der Waals surface area contributed by atoms with Crippen LogP contribution in [0.2, 0.25) is 0 Å². The average Bonchev–Trinajstić information content (AvgIpc) is 2.27. The number of thioether (sulfide) groups is 1. The number of hydrogen-bond acceptors (Lipinski definition) is 5. The molecule has 0 bridgehead atoms. The highest BCUT2D eigenvalue weighted by Crippen LogP contribution is 2.27.